The zero-order valence-electron chi connectivity index (χ0n) is 20.2. The minimum absolute atomic E-state index is 0.0623. The molecule has 0 fully saturated rings. The number of hydrogen-bond acceptors (Lipinski definition) is 7. The molecule has 0 heterocycles. The first kappa shape index (κ1) is 30.0. The van der Waals surface area contributed by atoms with Gasteiger partial charge in [0, 0.05) is 6.42 Å². The molecule has 10 N–H and O–H groups in total. The maximum absolute atomic E-state index is 12.8. The van der Waals surface area contributed by atoms with Crippen molar-refractivity contribution in [2.75, 3.05) is 0 Å². The molecule has 0 aliphatic heterocycles. The van der Waals surface area contributed by atoms with Crippen LogP contribution in [-0.2, 0) is 35.2 Å². The fourth-order valence-electron chi connectivity index (χ4n) is 3.31. The third kappa shape index (κ3) is 11.0. The molecule has 0 aliphatic rings. The van der Waals surface area contributed by atoms with E-state index in [-0.39, 0.29) is 12.3 Å². The molecule has 0 aliphatic carbocycles. The Balaban J connectivity index is 3.01. The van der Waals surface area contributed by atoms with Gasteiger partial charge in [-0.15, -0.1) is 0 Å². The van der Waals surface area contributed by atoms with Crippen molar-refractivity contribution in [3.8, 4) is 0 Å². The number of amides is 5. The number of nitrogens with two attached hydrogens (primary N) is 3. The van der Waals surface area contributed by atoms with Crippen LogP contribution in [-0.4, -0.2) is 64.8 Å². The van der Waals surface area contributed by atoms with Gasteiger partial charge in [0.05, 0.1) is 18.9 Å². The average Bonchev–Trinajstić information content (AvgIpc) is 2.77. The normalized spacial score (nSPS) is 14.1. The Morgan fingerprint density at radius 1 is 0.778 bits per heavy atom. The highest BCUT2D eigenvalue weighted by atomic mass is 16.4. The molecule has 1 rings (SSSR count). The van der Waals surface area contributed by atoms with Gasteiger partial charge < -0.3 is 38.3 Å². The Bertz CT molecular complexity index is 954. The van der Waals surface area contributed by atoms with Crippen LogP contribution < -0.4 is 33.2 Å². The molecule has 13 heteroatoms. The van der Waals surface area contributed by atoms with Gasteiger partial charge in [-0.25, -0.2) is 4.79 Å². The maximum Gasteiger partial charge on any atom is 0.326 e. The van der Waals surface area contributed by atoms with Gasteiger partial charge in [-0.05, 0) is 17.9 Å². The number of carboxylic acids is 1. The van der Waals surface area contributed by atoms with E-state index in [9.17, 15) is 33.9 Å². The summed E-state index contributed by atoms with van der Waals surface area (Å²) >= 11 is 0. The Labute approximate surface area is 208 Å². The molecule has 198 valence electrons. The fourth-order valence-corrected chi connectivity index (χ4v) is 3.31. The van der Waals surface area contributed by atoms with Crippen LogP contribution in [0.4, 0.5) is 0 Å². The Hall–Kier alpha value is -4.00. The molecule has 13 nitrogen and oxygen atoms in total. The molecule has 0 saturated carbocycles. The van der Waals surface area contributed by atoms with Crippen molar-refractivity contribution in [2.24, 2.45) is 23.1 Å². The predicted octanol–water partition coefficient (Wildman–Crippen LogP) is -2.11. The molecule has 0 saturated heterocycles. The summed E-state index contributed by atoms with van der Waals surface area (Å²) in [5.41, 5.74) is 16.8. The molecular weight excluding hydrogens is 472 g/mol. The van der Waals surface area contributed by atoms with E-state index < -0.39 is 72.5 Å². The fraction of sp³-hybridized carbons (Fsp3) is 0.478. The molecule has 0 aromatic heterocycles. The third-order valence-corrected chi connectivity index (χ3v) is 5.04. The SMILES string of the molecule is CC(C)C[C@H](N)C(=O)N[C@@H](CC(N)=O)C(=O)N[C@@H](CC(N)=O)C(=O)N[C@@H](Cc1ccccc1)C(=O)O. The Morgan fingerprint density at radius 3 is 1.64 bits per heavy atom. The third-order valence-electron chi connectivity index (χ3n) is 5.04. The molecule has 0 bridgehead atoms. The lowest BCUT2D eigenvalue weighted by Crippen LogP contribution is -2.58. The number of nitrogens with one attached hydrogen (secondary N) is 3. The van der Waals surface area contributed by atoms with Crippen molar-refractivity contribution >= 4 is 35.5 Å². The van der Waals surface area contributed by atoms with Gasteiger partial charge in [0.2, 0.25) is 29.5 Å². The molecule has 0 unspecified atom stereocenters. The van der Waals surface area contributed by atoms with Crippen LogP contribution in [0.15, 0.2) is 30.3 Å². The zero-order chi connectivity index (χ0) is 27.4. The van der Waals surface area contributed by atoms with E-state index in [0.29, 0.717) is 12.0 Å². The number of hydrogen-bond donors (Lipinski definition) is 7. The lowest BCUT2D eigenvalue weighted by Gasteiger charge is -2.24. The minimum atomic E-state index is -1.58. The van der Waals surface area contributed by atoms with Crippen molar-refractivity contribution in [1.82, 2.24) is 16.0 Å². The number of benzene rings is 1. The van der Waals surface area contributed by atoms with E-state index in [4.69, 9.17) is 17.2 Å². The lowest BCUT2D eigenvalue weighted by molar-refractivity contribution is -0.142. The first-order valence-corrected chi connectivity index (χ1v) is 11.3. The quantitative estimate of drug-likeness (QED) is 0.139. The minimum Gasteiger partial charge on any atom is -0.480 e. The number of rotatable bonds is 15. The van der Waals surface area contributed by atoms with Crippen LogP contribution in [0.1, 0.15) is 38.7 Å². The Morgan fingerprint density at radius 2 is 1.22 bits per heavy atom. The summed E-state index contributed by atoms with van der Waals surface area (Å²) in [5, 5.41) is 16.4. The Kier molecular flexibility index (Phi) is 12.0. The summed E-state index contributed by atoms with van der Waals surface area (Å²) in [5.74, 6) is -5.85. The van der Waals surface area contributed by atoms with Crippen molar-refractivity contribution < 1.29 is 33.9 Å². The van der Waals surface area contributed by atoms with E-state index in [1.807, 2.05) is 13.8 Å². The van der Waals surface area contributed by atoms with E-state index in [0.717, 1.165) is 0 Å². The lowest BCUT2D eigenvalue weighted by atomic mass is 10.0. The molecule has 0 radical (unpaired) electrons. The second kappa shape index (κ2) is 14.4. The van der Waals surface area contributed by atoms with Crippen LogP contribution in [0.25, 0.3) is 0 Å². The van der Waals surface area contributed by atoms with E-state index in [1.54, 1.807) is 30.3 Å². The van der Waals surface area contributed by atoms with Gasteiger partial charge in [0.1, 0.15) is 18.1 Å². The van der Waals surface area contributed by atoms with Crippen LogP contribution in [0.5, 0.6) is 0 Å². The molecule has 0 spiro atoms. The summed E-state index contributed by atoms with van der Waals surface area (Å²) in [6.07, 6.45) is -1.03. The van der Waals surface area contributed by atoms with Gasteiger partial charge >= 0.3 is 5.97 Å². The van der Waals surface area contributed by atoms with Gasteiger partial charge in [-0.1, -0.05) is 44.2 Å². The summed E-state index contributed by atoms with van der Waals surface area (Å²) in [7, 11) is 0. The van der Waals surface area contributed by atoms with Gasteiger partial charge in [-0.3, -0.25) is 24.0 Å². The van der Waals surface area contributed by atoms with E-state index in [1.165, 1.54) is 0 Å². The highest BCUT2D eigenvalue weighted by Crippen LogP contribution is 2.06. The van der Waals surface area contributed by atoms with E-state index in [2.05, 4.69) is 16.0 Å². The number of aliphatic carboxylic acids is 1. The van der Waals surface area contributed by atoms with Crippen LogP contribution in [0, 0.1) is 5.92 Å². The van der Waals surface area contributed by atoms with Crippen LogP contribution in [0.2, 0.25) is 0 Å². The first-order chi connectivity index (χ1) is 16.8. The topological polar surface area (TPSA) is 237 Å². The van der Waals surface area contributed by atoms with Crippen LogP contribution >= 0.6 is 0 Å². The second-order valence-electron chi connectivity index (χ2n) is 8.79. The van der Waals surface area contributed by atoms with Crippen molar-refractivity contribution in [1.29, 1.82) is 0 Å². The number of carbonyl (C=O) groups excluding carboxylic acids is 5. The van der Waals surface area contributed by atoms with Gasteiger partial charge in [0.15, 0.2) is 0 Å². The summed E-state index contributed by atoms with van der Waals surface area (Å²) in [4.78, 5) is 72.7. The average molecular weight is 507 g/mol. The van der Waals surface area contributed by atoms with Crippen molar-refractivity contribution in [2.45, 2.75) is 63.7 Å². The van der Waals surface area contributed by atoms with Crippen LogP contribution in [0.3, 0.4) is 0 Å². The molecule has 36 heavy (non-hydrogen) atoms. The largest absolute Gasteiger partial charge is 0.480 e. The van der Waals surface area contributed by atoms with Crippen molar-refractivity contribution in [3.05, 3.63) is 35.9 Å². The summed E-state index contributed by atoms with van der Waals surface area (Å²) in [6.45, 7) is 3.69. The summed E-state index contributed by atoms with van der Waals surface area (Å²) in [6, 6.07) is 3.08. The first-order valence-electron chi connectivity index (χ1n) is 11.3. The molecule has 5 amide bonds. The number of primary amides is 2. The molecule has 1 aromatic carbocycles. The second-order valence-corrected chi connectivity index (χ2v) is 8.79. The molecule has 4 atom stereocenters. The standard InChI is InChI=1S/C23H34N6O7/c1-12(2)8-14(24)20(32)27-15(10-18(25)30)21(33)28-16(11-19(26)31)22(34)29-17(23(35)36)9-13-6-4-3-5-7-13/h3-7,12,14-17H,8-11,24H2,1-2H3,(H2,25,30)(H2,26,31)(H,27,32)(H,28,33)(H,29,34)(H,35,36)/t14-,15-,16-,17-/m0/s1. The molecule has 1 aromatic rings. The van der Waals surface area contributed by atoms with Crippen molar-refractivity contribution in [3.63, 3.8) is 0 Å². The van der Waals surface area contributed by atoms with Gasteiger partial charge in [0.25, 0.3) is 0 Å². The number of carbonyl (C=O) groups is 6. The maximum atomic E-state index is 12.8. The number of carboxylic acid groups (broad SMARTS) is 1. The van der Waals surface area contributed by atoms with Gasteiger partial charge in [-0.2, -0.15) is 0 Å². The highest BCUT2D eigenvalue weighted by molar-refractivity contribution is 5.97. The van der Waals surface area contributed by atoms with E-state index >= 15 is 0 Å². The highest BCUT2D eigenvalue weighted by Gasteiger charge is 2.32. The molecular formula is C23H34N6O7. The zero-order valence-corrected chi connectivity index (χ0v) is 20.2. The smallest absolute Gasteiger partial charge is 0.326 e. The summed E-state index contributed by atoms with van der Waals surface area (Å²) < 4.78 is 0. The predicted molar refractivity (Wildman–Crippen MR) is 129 cm³/mol. The monoisotopic (exact) mass is 506 g/mol.